The van der Waals surface area contributed by atoms with Crippen LogP contribution < -0.4 is 0 Å². The molecule has 2 heterocycles. The van der Waals surface area contributed by atoms with Crippen LogP contribution in [0.5, 0.6) is 0 Å². The van der Waals surface area contributed by atoms with Gasteiger partial charge in [0.15, 0.2) is 5.82 Å². The fourth-order valence-electron chi connectivity index (χ4n) is 7.53. The zero-order valence-corrected chi connectivity index (χ0v) is 28.2. The summed E-state index contributed by atoms with van der Waals surface area (Å²) in [5.74, 6) is 0.705. The maximum atomic E-state index is 5.35. The Hall–Kier alpha value is -6.97. The van der Waals surface area contributed by atoms with E-state index >= 15 is 0 Å². The molecule has 52 heavy (non-hydrogen) atoms. The molecule has 8 aromatic carbocycles. The molecule has 0 radical (unpaired) electrons. The zero-order valence-electron chi connectivity index (χ0n) is 28.2. The molecule has 242 valence electrons. The Labute approximate surface area is 301 Å². The maximum Gasteiger partial charge on any atom is 0.160 e. The van der Waals surface area contributed by atoms with Crippen LogP contribution in [0.15, 0.2) is 188 Å². The van der Waals surface area contributed by atoms with Crippen molar-refractivity contribution in [3.63, 3.8) is 0 Å². The predicted octanol–water partition coefficient (Wildman–Crippen LogP) is 12.8. The van der Waals surface area contributed by atoms with Crippen LogP contribution in [-0.2, 0) is 0 Å². The molecule has 0 aliphatic rings. The van der Waals surface area contributed by atoms with Crippen molar-refractivity contribution in [3.05, 3.63) is 188 Å². The van der Waals surface area contributed by atoms with Crippen LogP contribution in [0.1, 0.15) is 0 Å². The van der Waals surface area contributed by atoms with Crippen LogP contribution in [0, 0.1) is 0 Å². The molecule has 0 saturated carbocycles. The summed E-state index contributed by atoms with van der Waals surface area (Å²) in [6, 6.07) is 66.3. The van der Waals surface area contributed by atoms with E-state index in [1.807, 2.05) is 24.3 Å². The Morgan fingerprint density at radius 1 is 0.308 bits per heavy atom. The molecule has 10 rings (SSSR count). The van der Waals surface area contributed by atoms with E-state index in [1.165, 1.54) is 26.9 Å². The first kappa shape index (κ1) is 29.9. The summed E-state index contributed by atoms with van der Waals surface area (Å²) in [4.78, 5) is 15.5. The molecular weight excluding hydrogens is 631 g/mol. The minimum atomic E-state index is 0.705. The number of rotatable bonds is 5. The topological polar surface area (TPSA) is 38.7 Å². The SMILES string of the molecule is c1ccc(-c2cc(-c3cccc(-c4cc5c(-c6ccc7ccccc7c6)nc6ccccc6c5c5ccccc45)c3)nc(-c3ccccc3)n2)cc1. The van der Waals surface area contributed by atoms with Gasteiger partial charge in [-0.3, -0.25) is 0 Å². The second-order valence-electron chi connectivity index (χ2n) is 13.2. The summed E-state index contributed by atoms with van der Waals surface area (Å²) >= 11 is 0. The average molecular weight is 662 g/mol. The molecule has 3 nitrogen and oxygen atoms in total. The lowest BCUT2D eigenvalue weighted by Crippen LogP contribution is -1.96. The molecule has 0 spiro atoms. The van der Waals surface area contributed by atoms with Gasteiger partial charge in [0.05, 0.1) is 22.6 Å². The lowest BCUT2D eigenvalue weighted by Gasteiger charge is -2.17. The molecule has 0 N–H and O–H groups in total. The van der Waals surface area contributed by atoms with E-state index in [9.17, 15) is 0 Å². The Kier molecular flexibility index (Phi) is 7.14. The van der Waals surface area contributed by atoms with Crippen LogP contribution in [0.2, 0.25) is 0 Å². The first-order valence-electron chi connectivity index (χ1n) is 17.6. The molecule has 0 atom stereocenters. The van der Waals surface area contributed by atoms with Crippen molar-refractivity contribution < 1.29 is 0 Å². The number of benzene rings is 8. The van der Waals surface area contributed by atoms with Gasteiger partial charge in [-0.2, -0.15) is 0 Å². The van der Waals surface area contributed by atoms with E-state index in [-0.39, 0.29) is 0 Å². The number of para-hydroxylation sites is 1. The molecule has 0 aliphatic carbocycles. The zero-order chi connectivity index (χ0) is 34.4. The van der Waals surface area contributed by atoms with Gasteiger partial charge < -0.3 is 0 Å². The summed E-state index contributed by atoms with van der Waals surface area (Å²) in [5.41, 5.74) is 10.2. The van der Waals surface area contributed by atoms with Gasteiger partial charge in [-0.1, -0.05) is 158 Å². The van der Waals surface area contributed by atoms with Gasteiger partial charge in [0.25, 0.3) is 0 Å². The first-order chi connectivity index (χ1) is 25.8. The van der Waals surface area contributed by atoms with Gasteiger partial charge >= 0.3 is 0 Å². The van der Waals surface area contributed by atoms with Crippen molar-refractivity contribution >= 4 is 43.2 Å². The number of hydrogen-bond acceptors (Lipinski definition) is 3. The van der Waals surface area contributed by atoms with E-state index in [2.05, 4.69) is 164 Å². The molecule has 2 aromatic heterocycles. The van der Waals surface area contributed by atoms with Crippen molar-refractivity contribution in [2.45, 2.75) is 0 Å². The lowest BCUT2D eigenvalue weighted by atomic mass is 9.89. The van der Waals surface area contributed by atoms with Crippen LogP contribution in [0.25, 0.3) is 99.5 Å². The van der Waals surface area contributed by atoms with E-state index in [4.69, 9.17) is 15.0 Å². The molecule has 0 unspecified atom stereocenters. The summed E-state index contributed by atoms with van der Waals surface area (Å²) in [7, 11) is 0. The smallest absolute Gasteiger partial charge is 0.160 e. The van der Waals surface area contributed by atoms with E-state index < -0.39 is 0 Å². The van der Waals surface area contributed by atoms with Crippen molar-refractivity contribution in [2.24, 2.45) is 0 Å². The third-order valence-electron chi connectivity index (χ3n) is 10.0. The molecule has 0 amide bonds. The predicted molar refractivity (Wildman–Crippen MR) is 217 cm³/mol. The van der Waals surface area contributed by atoms with Crippen molar-refractivity contribution in [1.29, 1.82) is 0 Å². The quantitative estimate of drug-likeness (QED) is 0.172. The summed E-state index contributed by atoms with van der Waals surface area (Å²) < 4.78 is 0. The fourth-order valence-corrected chi connectivity index (χ4v) is 7.53. The Bertz CT molecular complexity index is 2890. The normalized spacial score (nSPS) is 11.5. The van der Waals surface area contributed by atoms with Crippen molar-refractivity contribution in [2.75, 3.05) is 0 Å². The minimum absolute atomic E-state index is 0.705. The molecule has 0 aliphatic heterocycles. The Balaban J connectivity index is 1.21. The molecule has 3 heteroatoms. The highest BCUT2D eigenvalue weighted by molar-refractivity contribution is 6.25. The van der Waals surface area contributed by atoms with Crippen LogP contribution in [0.3, 0.4) is 0 Å². The standard InChI is InChI=1S/C49H31N3/c1-3-15-33(16-4-1)45-31-46(52-49(51-45)34-17-5-2-6-18-34)37-21-13-20-36(29-37)42-30-43-47(40-23-10-9-22-39(40)42)41-24-11-12-25-44(41)50-48(43)38-27-26-32-14-7-8-19-35(32)28-38/h1-31H. The minimum Gasteiger partial charge on any atom is -0.247 e. The Morgan fingerprint density at radius 3 is 1.73 bits per heavy atom. The van der Waals surface area contributed by atoms with Crippen molar-refractivity contribution in [1.82, 2.24) is 15.0 Å². The third kappa shape index (κ3) is 5.19. The highest BCUT2D eigenvalue weighted by atomic mass is 14.9. The number of nitrogens with zero attached hydrogens (tertiary/aromatic N) is 3. The molecule has 0 bridgehead atoms. The largest absolute Gasteiger partial charge is 0.247 e. The van der Waals surface area contributed by atoms with Gasteiger partial charge in [-0.05, 0) is 63.0 Å². The molecular formula is C49H31N3. The summed E-state index contributed by atoms with van der Waals surface area (Å²) in [5, 5.41) is 8.34. The Morgan fingerprint density at radius 2 is 0.923 bits per heavy atom. The van der Waals surface area contributed by atoms with Gasteiger partial charge in [0, 0.05) is 38.4 Å². The van der Waals surface area contributed by atoms with Crippen molar-refractivity contribution in [3.8, 4) is 56.3 Å². The van der Waals surface area contributed by atoms with Crippen LogP contribution in [-0.4, -0.2) is 15.0 Å². The number of pyridine rings is 1. The monoisotopic (exact) mass is 661 g/mol. The second-order valence-corrected chi connectivity index (χ2v) is 13.2. The van der Waals surface area contributed by atoms with E-state index in [1.54, 1.807) is 0 Å². The molecule has 0 saturated heterocycles. The van der Waals surface area contributed by atoms with Crippen LogP contribution in [0.4, 0.5) is 0 Å². The summed E-state index contributed by atoms with van der Waals surface area (Å²) in [6.07, 6.45) is 0. The number of hydrogen-bond donors (Lipinski definition) is 0. The van der Waals surface area contributed by atoms with E-state index in [0.717, 1.165) is 66.8 Å². The fraction of sp³-hybridized carbons (Fsp3) is 0. The average Bonchev–Trinajstić information content (AvgIpc) is 3.23. The maximum absolute atomic E-state index is 5.35. The highest BCUT2D eigenvalue weighted by Crippen LogP contribution is 2.42. The van der Waals surface area contributed by atoms with Gasteiger partial charge in [0.2, 0.25) is 0 Å². The number of aromatic nitrogens is 3. The first-order valence-corrected chi connectivity index (χ1v) is 17.6. The lowest BCUT2D eigenvalue weighted by molar-refractivity contribution is 1.18. The number of fused-ring (bicyclic) bond motifs is 6. The second kappa shape index (κ2) is 12.4. The molecule has 10 aromatic rings. The van der Waals surface area contributed by atoms with Crippen LogP contribution >= 0.6 is 0 Å². The molecule has 0 fully saturated rings. The highest BCUT2D eigenvalue weighted by Gasteiger charge is 2.18. The van der Waals surface area contributed by atoms with Gasteiger partial charge in [-0.15, -0.1) is 0 Å². The van der Waals surface area contributed by atoms with E-state index in [0.29, 0.717) is 5.82 Å². The summed E-state index contributed by atoms with van der Waals surface area (Å²) in [6.45, 7) is 0. The van der Waals surface area contributed by atoms with Gasteiger partial charge in [0.1, 0.15) is 0 Å². The third-order valence-corrected chi connectivity index (χ3v) is 10.0. The van der Waals surface area contributed by atoms with Gasteiger partial charge in [-0.25, -0.2) is 15.0 Å².